The second-order valence-electron chi connectivity index (χ2n) is 7.00. The Balaban J connectivity index is 1.85. The molecule has 0 radical (unpaired) electrons. The maximum absolute atomic E-state index is 13.0. The van der Waals surface area contributed by atoms with Crippen molar-refractivity contribution in [3.8, 4) is 0 Å². The Morgan fingerprint density at radius 2 is 1.59 bits per heavy atom. The molecule has 0 aliphatic carbocycles. The molecule has 0 spiro atoms. The zero-order chi connectivity index (χ0) is 19.6. The van der Waals surface area contributed by atoms with Crippen molar-refractivity contribution in [2.24, 2.45) is 0 Å². The van der Waals surface area contributed by atoms with Crippen molar-refractivity contribution in [3.05, 3.63) is 59.2 Å². The molecular weight excluding hydrogens is 362 g/mol. The van der Waals surface area contributed by atoms with Crippen LogP contribution in [-0.2, 0) is 10.0 Å². The molecule has 0 aromatic heterocycles. The van der Waals surface area contributed by atoms with Gasteiger partial charge in [0.25, 0.3) is 5.91 Å². The number of rotatable bonds is 4. The van der Waals surface area contributed by atoms with Gasteiger partial charge in [-0.15, -0.1) is 0 Å². The fraction of sp³-hybridized carbons (Fsp3) is 0.350. The lowest BCUT2D eigenvalue weighted by Gasteiger charge is -2.31. The van der Waals surface area contributed by atoms with Crippen LogP contribution in [0.25, 0.3) is 0 Å². The van der Waals surface area contributed by atoms with Crippen LogP contribution in [0.4, 0.5) is 5.69 Å². The van der Waals surface area contributed by atoms with E-state index in [2.05, 4.69) is 10.2 Å². The summed E-state index contributed by atoms with van der Waals surface area (Å²) in [5, 5.41) is 2.84. The van der Waals surface area contributed by atoms with Gasteiger partial charge >= 0.3 is 0 Å². The van der Waals surface area contributed by atoms with Crippen LogP contribution in [0.15, 0.2) is 47.4 Å². The van der Waals surface area contributed by atoms with Crippen molar-refractivity contribution >= 4 is 21.6 Å². The molecule has 1 saturated heterocycles. The van der Waals surface area contributed by atoms with Gasteiger partial charge in [0.15, 0.2) is 0 Å². The Bertz CT molecular complexity index is 931. The van der Waals surface area contributed by atoms with Gasteiger partial charge in [0.1, 0.15) is 0 Å². The van der Waals surface area contributed by atoms with Crippen molar-refractivity contribution in [1.82, 2.24) is 9.21 Å². The van der Waals surface area contributed by atoms with E-state index in [1.807, 2.05) is 38.2 Å². The molecule has 0 bridgehead atoms. The summed E-state index contributed by atoms with van der Waals surface area (Å²) < 4.78 is 27.4. The summed E-state index contributed by atoms with van der Waals surface area (Å²) in [4.78, 5) is 14.9. The van der Waals surface area contributed by atoms with Gasteiger partial charge in [0.2, 0.25) is 10.0 Å². The highest BCUT2D eigenvalue weighted by molar-refractivity contribution is 7.89. The number of hydrogen-bond acceptors (Lipinski definition) is 4. The van der Waals surface area contributed by atoms with E-state index in [4.69, 9.17) is 0 Å². The normalized spacial score (nSPS) is 16.3. The second-order valence-corrected chi connectivity index (χ2v) is 8.94. The van der Waals surface area contributed by atoms with Gasteiger partial charge in [-0.1, -0.05) is 23.8 Å². The monoisotopic (exact) mass is 387 g/mol. The third-order valence-corrected chi connectivity index (χ3v) is 6.76. The Kier molecular flexibility index (Phi) is 5.64. The van der Waals surface area contributed by atoms with Gasteiger partial charge in [-0.25, -0.2) is 8.42 Å². The Morgan fingerprint density at radius 1 is 0.963 bits per heavy atom. The van der Waals surface area contributed by atoms with Crippen LogP contribution in [0.1, 0.15) is 21.5 Å². The molecule has 1 aliphatic heterocycles. The van der Waals surface area contributed by atoms with Crippen LogP contribution >= 0.6 is 0 Å². The van der Waals surface area contributed by atoms with Crippen molar-refractivity contribution in [2.45, 2.75) is 18.7 Å². The molecule has 1 heterocycles. The molecule has 0 atom stereocenters. The van der Waals surface area contributed by atoms with Gasteiger partial charge in [0, 0.05) is 37.4 Å². The summed E-state index contributed by atoms with van der Waals surface area (Å²) in [5.74, 6) is -0.313. The highest BCUT2D eigenvalue weighted by atomic mass is 32.2. The molecule has 1 N–H and O–H groups in total. The molecule has 0 unspecified atom stereocenters. The first-order chi connectivity index (χ1) is 12.8. The number of aryl methyl sites for hydroxylation is 2. The van der Waals surface area contributed by atoms with E-state index < -0.39 is 10.0 Å². The smallest absolute Gasteiger partial charge is 0.255 e. The molecule has 1 amide bonds. The van der Waals surface area contributed by atoms with E-state index in [0.717, 1.165) is 11.1 Å². The van der Waals surface area contributed by atoms with Crippen molar-refractivity contribution < 1.29 is 13.2 Å². The number of hydrogen-bond donors (Lipinski definition) is 1. The Morgan fingerprint density at radius 3 is 2.22 bits per heavy atom. The predicted molar refractivity (Wildman–Crippen MR) is 107 cm³/mol. The first-order valence-electron chi connectivity index (χ1n) is 8.95. The molecule has 2 aromatic rings. The maximum atomic E-state index is 13.0. The van der Waals surface area contributed by atoms with E-state index >= 15 is 0 Å². The molecule has 1 fully saturated rings. The topological polar surface area (TPSA) is 69.7 Å². The number of anilines is 1. The van der Waals surface area contributed by atoms with Gasteiger partial charge in [-0.05, 0) is 50.7 Å². The number of sulfonamides is 1. The SMILES string of the molecule is Cc1ccc(NC(=O)c2cc(S(=O)(=O)N3CCN(C)CC3)ccc2C)cc1. The number of nitrogens with zero attached hydrogens (tertiary/aromatic N) is 2. The molecule has 144 valence electrons. The number of likely N-dealkylation sites (N-methyl/N-ethyl adjacent to an activating group) is 1. The lowest BCUT2D eigenvalue weighted by atomic mass is 10.1. The summed E-state index contributed by atoms with van der Waals surface area (Å²) in [6, 6.07) is 12.2. The van der Waals surface area contributed by atoms with Crippen LogP contribution in [0.5, 0.6) is 0 Å². The maximum Gasteiger partial charge on any atom is 0.255 e. The minimum absolute atomic E-state index is 0.159. The van der Waals surface area contributed by atoms with Gasteiger partial charge in [0.05, 0.1) is 4.90 Å². The molecule has 7 heteroatoms. The fourth-order valence-electron chi connectivity index (χ4n) is 3.02. The van der Waals surface area contributed by atoms with Crippen LogP contribution in [0, 0.1) is 13.8 Å². The van der Waals surface area contributed by atoms with Crippen LogP contribution in [0.3, 0.4) is 0 Å². The molecule has 2 aromatic carbocycles. The number of nitrogens with one attached hydrogen (secondary N) is 1. The van der Waals surface area contributed by atoms with E-state index in [1.165, 1.54) is 10.4 Å². The van der Waals surface area contributed by atoms with Crippen LogP contribution < -0.4 is 5.32 Å². The van der Waals surface area contributed by atoms with E-state index in [0.29, 0.717) is 37.4 Å². The molecular formula is C20H25N3O3S. The highest BCUT2D eigenvalue weighted by Gasteiger charge is 2.28. The fourth-order valence-corrected chi connectivity index (χ4v) is 4.47. The lowest BCUT2D eigenvalue weighted by Crippen LogP contribution is -2.47. The summed E-state index contributed by atoms with van der Waals surface area (Å²) in [6.45, 7) is 6.09. The van der Waals surface area contributed by atoms with Crippen molar-refractivity contribution in [2.75, 3.05) is 38.5 Å². The minimum Gasteiger partial charge on any atom is -0.322 e. The summed E-state index contributed by atoms with van der Waals surface area (Å²) >= 11 is 0. The number of benzene rings is 2. The predicted octanol–water partition coefficient (Wildman–Crippen LogP) is 2.49. The van der Waals surface area contributed by atoms with Crippen LogP contribution in [-0.4, -0.2) is 56.8 Å². The summed E-state index contributed by atoms with van der Waals surface area (Å²) in [6.07, 6.45) is 0. The molecule has 1 aliphatic rings. The van der Waals surface area contributed by atoms with Crippen LogP contribution in [0.2, 0.25) is 0 Å². The molecule has 27 heavy (non-hydrogen) atoms. The largest absolute Gasteiger partial charge is 0.322 e. The second kappa shape index (κ2) is 7.80. The molecule has 0 saturated carbocycles. The van der Waals surface area contributed by atoms with Gasteiger partial charge in [-0.2, -0.15) is 4.31 Å². The standard InChI is InChI=1S/C20H25N3O3S/c1-15-4-7-17(8-5-15)21-20(24)19-14-18(9-6-16(19)2)27(25,26)23-12-10-22(3)11-13-23/h4-9,14H,10-13H2,1-3H3,(H,21,24). The quantitative estimate of drug-likeness (QED) is 0.875. The zero-order valence-electron chi connectivity index (χ0n) is 15.9. The first-order valence-corrected chi connectivity index (χ1v) is 10.4. The zero-order valence-corrected chi connectivity index (χ0v) is 16.7. The van der Waals surface area contributed by atoms with Crippen molar-refractivity contribution in [1.29, 1.82) is 0 Å². The number of carbonyl (C=O) groups is 1. The van der Waals surface area contributed by atoms with Gasteiger partial charge < -0.3 is 10.2 Å². The molecule has 3 rings (SSSR count). The van der Waals surface area contributed by atoms with E-state index in [9.17, 15) is 13.2 Å². The average molecular weight is 388 g/mol. The number of amides is 1. The molecule has 6 nitrogen and oxygen atoms in total. The minimum atomic E-state index is -3.61. The third kappa shape index (κ3) is 4.37. The summed E-state index contributed by atoms with van der Waals surface area (Å²) in [5.41, 5.74) is 2.88. The van der Waals surface area contributed by atoms with Gasteiger partial charge in [-0.3, -0.25) is 4.79 Å². The average Bonchev–Trinajstić information content (AvgIpc) is 2.64. The first kappa shape index (κ1) is 19.5. The number of piperazine rings is 1. The van der Waals surface area contributed by atoms with E-state index in [1.54, 1.807) is 19.1 Å². The Hall–Kier alpha value is -2.22. The summed E-state index contributed by atoms with van der Waals surface area (Å²) in [7, 11) is -1.63. The highest BCUT2D eigenvalue weighted by Crippen LogP contribution is 2.22. The lowest BCUT2D eigenvalue weighted by molar-refractivity contribution is 0.102. The van der Waals surface area contributed by atoms with Crippen molar-refractivity contribution in [3.63, 3.8) is 0 Å². The third-order valence-electron chi connectivity index (χ3n) is 4.86. The number of carbonyl (C=O) groups excluding carboxylic acids is 1. The van der Waals surface area contributed by atoms with E-state index in [-0.39, 0.29) is 10.8 Å². The Labute approximate surface area is 160 Å².